The first-order chi connectivity index (χ1) is 6.11. The van der Waals surface area contributed by atoms with E-state index in [4.69, 9.17) is 0 Å². The average Bonchev–Trinajstić information content (AvgIpc) is 2.06. The quantitative estimate of drug-likeness (QED) is 0.681. The van der Waals surface area contributed by atoms with Crippen LogP contribution < -0.4 is 5.32 Å². The van der Waals surface area contributed by atoms with E-state index in [1.165, 1.54) is 18.2 Å². The van der Waals surface area contributed by atoms with Crippen LogP contribution in [0.2, 0.25) is 0 Å². The van der Waals surface area contributed by atoms with Crippen molar-refractivity contribution in [2.75, 3.05) is 17.6 Å². The molecule has 0 atom stereocenters. The number of benzene rings is 1. The number of nitrogens with one attached hydrogen (secondary N) is 1. The molecule has 0 saturated carbocycles. The van der Waals surface area contributed by atoms with E-state index in [0.717, 1.165) is 0 Å². The fraction of sp³-hybridized carbons (Fsp3) is 0.250. The number of hydrogen-bond acceptors (Lipinski definition) is 3. The van der Waals surface area contributed by atoms with E-state index >= 15 is 0 Å². The van der Waals surface area contributed by atoms with Crippen molar-refractivity contribution in [3.8, 4) is 0 Å². The molecule has 0 saturated heterocycles. The van der Waals surface area contributed by atoms with Crippen LogP contribution in [0, 0.1) is 5.82 Å². The van der Waals surface area contributed by atoms with Gasteiger partial charge in [0.1, 0.15) is 5.82 Å². The summed E-state index contributed by atoms with van der Waals surface area (Å²) >= 11 is 0. The summed E-state index contributed by atoms with van der Waals surface area (Å²) in [5, 5.41) is 2.73. The molecule has 1 aliphatic rings. The van der Waals surface area contributed by atoms with E-state index in [2.05, 4.69) is 5.32 Å². The van der Waals surface area contributed by atoms with Crippen LogP contribution in [0.15, 0.2) is 23.1 Å². The number of para-hydroxylation sites is 1. The molecule has 1 N–H and O–H groups in total. The van der Waals surface area contributed by atoms with E-state index in [9.17, 15) is 12.8 Å². The van der Waals surface area contributed by atoms with Gasteiger partial charge < -0.3 is 5.32 Å². The molecule has 0 unspecified atom stereocenters. The summed E-state index contributed by atoms with van der Waals surface area (Å²) in [7, 11) is -3.27. The molecule has 0 fully saturated rings. The SMILES string of the molecule is O=S1(=O)CCNc2c(F)cccc21. The van der Waals surface area contributed by atoms with E-state index in [1.807, 2.05) is 0 Å². The predicted molar refractivity (Wildman–Crippen MR) is 46.9 cm³/mol. The van der Waals surface area contributed by atoms with Gasteiger partial charge >= 0.3 is 0 Å². The largest absolute Gasteiger partial charge is 0.381 e. The first-order valence-corrected chi connectivity index (χ1v) is 5.51. The molecule has 0 bridgehead atoms. The van der Waals surface area contributed by atoms with Crippen molar-refractivity contribution in [2.45, 2.75) is 4.90 Å². The minimum Gasteiger partial charge on any atom is -0.381 e. The maximum atomic E-state index is 13.1. The summed E-state index contributed by atoms with van der Waals surface area (Å²) in [6.07, 6.45) is 0. The number of rotatable bonds is 0. The molecular formula is C8H8FNO2S. The zero-order valence-electron chi connectivity index (χ0n) is 6.75. The molecular weight excluding hydrogens is 193 g/mol. The van der Waals surface area contributed by atoms with Gasteiger partial charge in [0.2, 0.25) is 0 Å². The summed E-state index contributed by atoms with van der Waals surface area (Å²) in [6, 6.07) is 4.06. The minimum atomic E-state index is -3.27. The van der Waals surface area contributed by atoms with Gasteiger partial charge in [-0.3, -0.25) is 0 Å². The number of sulfone groups is 1. The maximum Gasteiger partial charge on any atom is 0.182 e. The van der Waals surface area contributed by atoms with Crippen LogP contribution in [0.5, 0.6) is 0 Å². The first kappa shape index (κ1) is 8.50. The third kappa shape index (κ3) is 1.29. The Balaban J connectivity index is 2.73. The van der Waals surface area contributed by atoms with E-state index in [1.54, 1.807) is 0 Å². The Kier molecular flexibility index (Phi) is 1.76. The lowest BCUT2D eigenvalue weighted by Gasteiger charge is -2.18. The first-order valence-electron chi connectivity index (χ1n) is 3.86. The van der Waals surface area contributed by atoms with Gasteiger partial charge in [0.15, 0.2) is 9.84 Å². The Hall–Kier alpha value is -1.10. The zero-order chi connectivity index (χ0) is 9.47. The van der Waals surface area contributed by atoms with Crippen LogP contribution >= 0.6 is 0 Å². The van der Waals surface area contributed by atoms with Crippen LogP contribution in [0.4, 0.5) is 10.1 Å². The molecule has 0 radical (unpaired) electrons. The van der Waals surface area contributed by atoms with E-state index < -0.39 is 15.7 Å². The molecule has 70 valence electrons. The topological polar surface area (TPSA) is 46.2 Å². The molecule has 3 nitrogen and oxygen atoms in total. The fourth-order valence-corrected chi connectivity index (χ4v) is 2.71. The standard InChI is InChI=1S/C8H8FNO2S/c9-6-2-1-3-7-8(6)10-4-5-13(7,11)12/h1-3,10H,4-5H2. The summed E-state index contributed by atoms with van der Waals surface area (Å²) in [4.78, 5) is 0.0683. The molecule has 1 heterocycles. The Bertz CT molecular complexity index is 441. The minimum absolute atomic E-state index is 0.0312. The summed E-state index contributed by atoms with van der Waals surface area (Å²) in [5.41, 5.74) is 0.105. The molecule has 2 rings (SSSR count). The van der Waals surface area contributed by atoms with Gasteiger partial charge in [-0.05, 0) is 12.1 Å². The maximum absolute atomic E-state index is 13.1. The third-order valence-corrected chi connectivity index (χ3v) is 3.73. The highest BCUT2D eigenvalue weighted by Crippen LogP contribution is 2.28. The Labute approximate surface area is 75.5 Å². The number of halogens is 1. The number of anilines is 1. The van der Waals surface area contributed by atoms with Gasteiger partial charge in [-0.15, -0.1) is 0 Å². The molecule has 1 aromatic rings. The van der Waals surface area contributed by atoms with Crippen molar-refractivity contribution in [1.82, 2.24) is 0 Å². The van der Waals surface area contributed by atoms with Crippen molar-refractivity contribution in [1.29, 1.82) is 0 Å². The third-order valence-electron chi connectivity index (χ3n) is 1.98. The van der Waals surface area contributed by atoms with Crippen molar-refractivity contribution in [2.24, 2.45) is 0 Å². The second-order valence-corrected chi connectivity index (χ2v) is 4.94. The van der Waals surface area contributed by atoms with Crippen molar-refractivity contribution in [3.05, 3.63) is 24.0 Å². The fourth-order valence-electron chi connectivity index (χ4n) is 1.36. The smallest absolute Gasteiger partial charge is 0.182 e. The monoisotopic (exact) mass is 201 g/mol. The summed E-state index contributed by atoms with van der Waals surface area (Å²) < 4.78 is 35.9. The van der Waals surface area contributed by atoms with E-state index in [0.29, 0.717) is 0 Å². The predicted octanol–water partition coefficient (Wildman–Crippen LogP) is 1.02. The van der Waals surface area contributed by atoms with Gasteiger partial charge in [0.05, 0.1) is 16.3 Å². The normalized spacial score (nSPS) is 18.8. The van der Waals surface area contributed by atoms with Crippen LogP contribution in [-0.4, -0.2) is 20.7 Å². The average molecular weight is 201 g/mol. The van der Waals surface area contributed by atoms with Crippen molar-refractivity contribution >= 4 is 15.5 Å². The molecule has 0 spiro atoms. The van der Waals surface area contributed by atoms with Gasteiger partial charge in [0.25, 0.3) is 0 Å². The van der Waals surface area contributed by atoms with Crippen molar-refractivity contribution < 1.29 is 12.8 Å². The molecule has 1 aliphatic heterocycles. The number of fused-ring (bicyclic) bond motifs is 1. The summed E-state index contributed by atoms with van der Waals surface area (Å²) in [5.74, 6) is -0.482. The van der Waals surface area contributed by atoms with Gasteiger partial charge in [-0.25, -0.2) is 12.8 Å². The van der Waals surface area contributed by atoms with E-state index in [-0.39, 0.29) is 22.9 Å². The molecule has 0 amide bonds. The molecule has 5 heteroatoms. The van der Waals surface area contributed by atoms with Crippen LogP contribution in [0.1, 0.15) is 0 Å². The molecule has 13 heavy (non-hydrogen) atoms. The highest BCUT2D eigenvalue weighted by Gasteiger charge is 2.24. The van der Waals surface area contributed by atoms with Gasteiger partial charge in [0, 0.05) is 6.54 Å². The Morgan fingerprint density at radius 3 is 2.85 bits per heavy atom. The summed E-state index contributed by atoms with van der Waals surface area (Å²) in [6.45, 7) is 0.274. The second kappa shape index (κ2) is 2.70. The Morgan fingerprint density at radius 1 is 1.38 bits per heavy atom. The molecule has 0 aliphatic carbocycles. The molecule has 1 aromatic carbocycles. The number of hydrogen-bond donors (Lipinski definition) is 1. The van der Waals surface area contributed by atoms with Gasteiger partial charge in [-0.2, -0.15) is 0 Å². The Morgan fingerprint density at radius 2 is 2.15 bits per heavy atom. The highest BCUT2D eigenvalue weighted by atomic mass is 32.2. The lowest BCUT2D eigenvalue weighted by molar-refractivity contribution is 0.588. The van der Waals surface area contributed by atoms with Crippen LogP contribution in [0.25, 0.3) is 0 Å². The lowest BCUT2D eigenvalue weighted by atomic mass is 10.3. The van der Waals surface area contributed by atoms with Crippen LogP contribution in [-0.2, 0) is 9.84 Å². The van der Waals surface area contributed by atoms with Crippen LogP contribution in [0.3, 0.4) is 0 Å². The molecule has 0 aromatic heterocycles. The zero-order valence-corrected chi connectivity index (χ0v) is 7.57. The lowest BCUT2D eigenvalue weighted by Crippen LogP contribution is -2.24. The van der Waals surface area contributed by atoms with Crippen molar-refractivity contribution in [3.63, 3.8) is 0 Å². The highest BCUT2D eigenvalue weighted by molar-refractivity contribution is 7.91. The second-order valence-electron chi connectivity index (χ2n) is 2.86. The van der Waals surface area contributed by atoms with Gasteiger partial charge in [-0.1, -0.05) is 6.07 Å².